The molecule has 2 rings (SSSR count). The van der Waals surface area contributed by atoms with E-state index in [4.69, 9.17) is 4.74 Å². The molecule has 0 aliphatic carbocycles. The van der Waals surface area contributed by atoms with Crippen LogP contribution >= 0.6 is 0 Å². The van der Waals surface area contributed by atoms with Crippen LogP contribution in [0.4, 0.5) is 0 Å². The van der Waals surface area contributed by atoms with Gasteiger partial charge < -0.3 is 10.1 Å². The molecule has 1 fully saturated rings. The number of hydrogen-bond donors (Lipinski definition) is 1. The standard InChI is InChI=1S/C18H28N2O4S/c1-13-8-9-16(24-13)10-11-18(21)19-14(2)15-6-5-7-17(12-15)25(22,23)20(3)4/h5-7,12-14,16H,8-11H2,1-4H3,(H,19,21). The molecule has 1 aromatic rings. The van der Waals surface area contributed by atoms with Crippen molar-refractivity contribution in [1.82, 2.24) is 9.62 Å². The molecule has 0 radical (unpaired) electrons. The quantitative estimate of drug-likeness (QED) is 0.802. The average molecular weight is 368 g/mol. The zero-order valence-electron chi connectivity index (χ0n) is 15.4. The minimum Gasteiger partial charge on any atom is -0.375 e. The smallest absolute Gasteiger partial charge is 0.242 e. The van der Waals surface area contributed by atoms with E-state index < -0.39 is 10.0 Å². The highest BCUT2D eigenvalue weighted by Crippen LogP contribution is 2.23. The fourth-order valence-electron chi connectivity index (χ4n) is 2.94. The molecule has 1 aromatic carbocycles. The molecule has 1 N–H and O–H groups in total. The molecule has 3 atom stereocenters. The van der Waals surface area contributed by atoms with Crippen molar-refractivity contribution in [2.24, 2.45) is 0 Å². The molecular formula is C18H28N2O4S. The second-order valence-electron chi connectivity index (χ2n) is 6.83. The topological polar surface area (TPSA) is 75.7 Å². The lowest BCUT2D eigenvalue weighted by Crippen LogP contribution is -2.28. The van der Waals surface area contributed by atoms with E-state index in [0.29, 0.717) is 6.42 Å². The lowest BCUT2D eigenvalue weighted by Gasteiger charge is -2.17. The Balaban J connectivity index is 1.94. The van der Waals surface area contributed by atoms with Gasteiger partial charge in [-0.15, -0.1) is 0 Å². The molecule has 1 aliphatic rings. The molecule has 3 unspecified atom stereocenters. The summed E-state index contributed by atoms with van der Waals surface area (Å²) in [5, 5.41) is 2.94. The third kappa shape index (κ3) is 5.26. The van der Waals surface area contributed by atoms with E-state index >= 15 is 0 Å². The van der Waals surface area contributed by atoms with Crippen molar-refractivity contribution >= 4 is 15.9 Å². The Hall–Kier alpha value is -1.44. The first kappa shape index (κ1) is 19.9. The maximum absolute atomic E-state index is 12.2. The van der Waals surface area contributed by atoms with Crippen LogP contribution < -0.4 is 5.32 Å². The van der Waals surface area contributed by atoms with Crippen molar-refractivity contribution < 1.29 is 17.9 Å². The zero-order chi connectivity index (χ0) is 18.6. The van der Waals surface area contributed by atoms with Gasteiger partial charge in [0.25, 0.3) is 0 Å². The summed E-state index contributed by atoms with van der Waals surface area (Å²) in [6.07, 6.45) is 3.65. The Labute approximate surface area is 150 Å². The number of nitrogens with one attached hydrogen (secondary N) is 1. The van der Waals surface area contributed by atoms with Gasteiger partial charge in [0, 0.05) is 20.5 Å². The first-order valence-corrected chi connectivity index (χ1v) is 10.1. The van der Waals surface area contributed by atoms with Gasteiger partial charge in [-0.25, -0.2) is 12.7 Å². The molecule has 7 heteroatoms. The van der Waals surface area contributed by atoms with Gasteiger partial charge >= 0.3 is 0 Å². The summed E-state index contributed by atoms with van der Waals surface area (Å²) in [7, 11) is -0.486. The van der Waals surface area contributed by atoms with E-state index in [1.807, 2.05) is 13.0 Å². The molecule has 0 spiro atoms. The number of rotatable bonds is 7. The van der Waals surface area contributed by atoms with E-state index in [1.165, 1.54) is 18.4 Å². The minimum absolute atomic E-state index is 0.0449. The predicted octanol–water partition coefficient (Wildman–Crippen LogP) is 2.46. The average Bonchev–Trinajstić information content (AvgIpc) is 2.98. The van der Waals surface area contributed by atoms with Crippen LogP contribution in [0.3, 0.4) is 0 Å². The lowest BCUT2D eigenvalue weighted by atomic mass is 10.1. The maximum atomic E-state index is 12.2. The van der Waals surface area contributed by atoms with Crippen LogP contribution in [0.1, 0.15) is 51.1 Å². The first-order valence-electron chi connectivity index (χ1n) is 8.67. The fourth-order valence-corrected chi connectivity index (χ4v) is 3.90. The van der Waals surface area contributed by atoms with Gasteiger partial charge in [0.1, 0.15) is 0 Å². The molecule has 1 heterocycles. The number of benzene rings is 1. The van der Waals surface area contributed by atoms with Crippen molar-refractivity contribution in [3.8, 4) is 0 Å². The van der Waals surface area contributed by atoms with Crippen molar-refractivity contribution in [3.63, 3.8) is 0 Å². The summed E-state index contributed by atoms with van der Waals surface area (Å²) in [6, 6.07) is 6.44. The number of carbonyl (C=O) groups excluding carboxylic acids is 1. The largest absolute Gasteiger partial charge is 0.375 e. The second-order valence-corrected chi connectivity index (χ2v) is 8.99. The van der Waals surface area contributed by atoms with Gasteiger partial charge in [0.15, 0.2) is 0 Å². The summed E-state index contributed by atoms with van der Waals surface area (Å²) in [5.41, 5.74) is 0.766. The highest BCUT2D eigenvalue weighted by atomic mass is 32.2. The molecule has 0 saturated carbocycles. The summed E-state index contributed by atoms with van der Waals surface area (Å²) in [4.78, 5) is 12.4. The third-order valence-corrected chi connectivity index (χ3v) is 6.34. The number of ether oxygens (including phenoxy) is 1. The van der Waals surface area contributed by atoms with Crippen molar-refractivity contribution in [2.75, 3.05) is 14.1 Å². The van der Waals surface area contributed by atoms with Gasteiger partial charge in [-0.1, -0.05) is 12.1 Å². The number of hydrogen-bond acceptors (Lipinski definition) is 4. The van der Waals surface area contributed by atoms with E-state index in [-0.39, 0.29) is 29.1 Å². The molecule has 25 heavy (non-hydrogen) atoms. The van der Waals surface area contributed by atoms with Crippen LogP contribution in [0.2, 0.25) is 0 Å². The number of carbonyl (C=O) groups is 1. The second kappa shape index (κ2) is 8.29. The summed E-state index contributed by atoms with van der Waals surface area (Å²) in [5.74, 6) is -0.0449. The Morgan fingerprint density at radius 1 is 1.36 bits per heavy atom. The summed E-state index contributed by atoms with van der Waals surface area (Å²) >= 11 is 0. The Kier molecular flexibility index (Phi) is 6.59. The van der Waals surface area contributed by atoms with Gasteiger partial charge in [-0.3, -0.25) is 4.79 Å². The Morgan fingerprint density at radius 2 is 2.08 bits per heavy atom. The van der Waals surface area contributed by atoms with Crippen molar-refractivity contribution in [2.45, 2.75) is 62.7 Å². The number of sulfonamides is 1. The van der Waals surface area contributed by atoms with E-state index in [2.05, 4.69) is 12.2 Å². The lowest BCUT2D eigenvalue weighted by molar-refractivity contribution is -0.122. The van der Waals surface area contributed by atoms with Crippen LogP contribution in [-0.4, -0.2) is 44.9 Å². The highest BCUT2D eigenvalue weighted by molar-refractivity contribution is 7.89. The molecule has 1 aliphatic heterocycles. The molecule has 140 valence electrons. The van der Waals surface area contributed by atoms with E-state index in [0.717, 1.165) is 24.8 Å². The molecule has 6 nitrogen and oxygen atoms in total. The predicted molar refractivity (Wildman–Crippen MR) is 96.7 cm³/mol. The van der Waals surface area contributed by atoms with Crippen LogP contribution in [-0.2, 0) is 19.6 Å². The third-order valence-electron chi connectivity index (χ3n) is 4.53. The summed E-state index contributed by atoms with van der Waals surface area (Å²) < 4.78 is 31.4. The van der Waals surface area contributed by atoms with Gasteiger partial charge in [-0.2, -0.15) is 0 Å². The molecule has 0 bridgehead atoms. The zero-order valence-corrected chi connectivity index (χ0v) is 16.2. The minimum atomic E-state index is -3.48. The van der Waals surface area contributed by atoms with Gasteiger partial charge in [0.05, 0.1) is 23.1 Å². The van der Waals surface area contributed by atoms with Crippen molar-refractivity contribution in [3.05, 3.63) is 29.8 Å². The van der Waals surface area contributed by atoms with Crippen LogP contribution in [0.5, 0.6) is 0 Å². The van der Waals surface area contributed by atoms with E-state index in [1.54, 1.807) is 18.2 Å². The Morgan fingerprint density at radius 3 is 2.68 bits per heavy atom. The summed E-state index contributed by atoms with van der Waals surface area (Å²) in [6.45, 7) is 3.91. The number of nitrogens with zero attached hydrogens (tertiary/aromatic N) is 1. The normalized spacial score (nSPS) is 22.1. The highest BCUT2D eigenvalue weighted by Gasteiger charge is 2.23. The molecule has 1 saturated heterocycles. The van der Waals surface area contributed by atoms with Crippen LogP contribution in [0, 0.1) is 0 Å². The molecule has 1 amide bonds. The van der Waals surface area contributed by atoms with Crippen LogP contribution in [0.15, 0.2) is 29.2 Å². The van der Waals surface area contributed by atoms with Gasteiger partial charge in [0.2, 0.25) is 15.9 Å². The van der Waals surface area contributed by atoms with Gasteiger partial charge in [-0.05, 0) is 50.8 Å². The molecule has 0 aromatic heterocycles. The maximum Gasteiger partial charge on any atom is 0.242 e. The SMILES string of the molecule is CC1CCC(CCC(=O)NC(C)c2cccc(S(=O)(=O)N(C)C)c2)O1. The molecular weight excluding hydrogens is 340 g/mol. The fraction of sp³-hybridized carbons (Fsp3) is 0.611. The van der Waals surface area contributed by atoms with Crippen molar-refractivity contribution in [1.29, 1.82) is 0 Å². The number of amides is 1. The van der Waals surface area contributed by atoms with Crippen LogP contribution in [0.25, 0.3) is 0 Å². The van der Waals surface area contributed by atoms with E-state index in [9.17, 15) is 13.2 Å². The Bertz CT molecular complexity index is 703. The monoisotopic (exact) mass is 368 g/mol. The first-order chi connectivity index (χ1) is 11.7.